The zero-order valence-corrected chi connectivity index (χ0v) is 23.3. The lowest BCUT2D eigenvalue weighted by Gasteiger charge is -2.28. The predicted molar refractivity (Wildman–Crippen MR) is 153 cm³/mol. The molecule has 0 saturated heterocycles. The van der Waals surface area contributed by atoms with Gasteiger partial charge in [0.2, 0.25) is 0 Å². The smallest absolute Gasteiger partial charge is 0.339 e. The number of ether oxygens (including phenoxy) is 2. The van der Waals surface area contributed by atoms with Gasteiger partial charge in [-0.1, -0.05) is 106 Å². The van der Waals surface area contributed by atoms with Crippen LogP contribution in [0.1, 0.15) is 51.4 Å². The lowest BCUT2D eigenvalue weighted by Crippen LogP contribution is -2.33. The second-order valence-corrected chi connectivity index (χ2v) is 11.6. The molecule has 0 heterocycles. The van der Waals surface area contributed by atoms with Crippen molar-refractivity contribution in [2.24, 2.45) is 11.8 Å². The highest BCUT2D eigenvalue weighted by Gasteiger charge is 2.28. The molecule has 0 aliphatic carbocycles. The molecule has 0 unspecified atom stereocenters. The van der Waals surface area contributed by atoms with Crippen molar-refractivity contribution in [2.75, 3.05) is 6.61 Å². The van der Waals surface area contributed by atoms with E-state index in [0.717, 1.165) is 5.30 Å². The molecule has 5 heteroatoms. The molecule has 0 amide bonds. The van der Waals surface area contributed by atoms with Crippen molar-refractivity contribution in [2.45, 2.75) is 47.1 Å². The van der Waals surface area contributed by atoms with Gasteiger partial charge in [0, 0.05) is 5.57 Å². The van der Waals surface area contributed by atoms with Crippen molar-refractivity contribution in [3.8, 4) is 0 Å². The van der Waals surface area contributed by atoms with E-state index < -0.39 is 7.92 Å². The van der Waals surface area contributed by atoms with Crippen LogP contribution in [0.3, 0.4) is 0 Å². The summed E-state index contributed by atoms with van der Waals surface area (Å²) < 4.78 is 11.3. The first-order valence-corrected chi connectivity index (χ1v) is 14.2. The quantitative estimate of drug-likeness (QED) is 0.174. The molecule has 0 radical (unpaired) electrons. The molecule has 37 heavy (non-hydrogen) atoms. The summed E-state index contributed by atoms with van der Waals surface area (Å²) in [5.74, 6) is -0.471. The average molecular weight is 517 g/mol. The molecular weight excluding hydrogens is 479 g/mol. The maximum absolute atomic E-state index is 13.7. The SMILES string of the molecule is CCOC(=O)/C(C)=C/C[C@H](C)[C@@H](OC(=O)c1ccccc1P(c1ccccc1)c1ccccc1)C(C)C. The van der Waals surface area contributed by atoms with E-state index in [1.807, 2.05) is 66.7 Å². The summed E-state index contributed by atoms with van der Waals surface area (Å²) in [7, 11) is -0.943. The van der Waals surface area contributed by atoms with Crippen molar-refractivity contribution in [1.29, 1.82) is 0 Å². The Kier molecular flexibility index (Phi) is 10.7. The van der Waals surface area contributed by atoms with Crippen LogP contribution in [-0.2, 0) is 14.3 Å². The van der Waals surface area contributed by atoms with Crippen molar-refractivity contribution in [3.05, 3.63) is 102 Å². The summed E-state index contributed by atoms with van der Waals surface area (Å²) in [5.41, 5.74) is 1.17. The molecular formula is C32H37O4P. The van der Waals surface area contributed by atoms with Crippen LogP contribution in [-0.4, -0.2) is 24.6 Å². The van der Waals surface area contributed by atoms with Gasteiger partial charge in [0.1, 0.15) is 6.10 Å². The maximum atomic E-state index is 13.7. The fraction of sp³-hybridized carbons (Fsp3) is 0.312. The third kappa shape index (κ3) is 7.63. The van der Waals surface area contributed by atoms with E-state index in [9.17, 15) is 9.59 Å². The fourth-order valence-electron chi connectivity index (χ4n) is 4.34. The lowest BCUT2D eigenvalue weighted by atomic mass is 9.91. The fourth-order valence-corrected chi connectivity index (χ4v) is 6.78. The van der Waals surface area contributed by atoms with Crippen LogP contribution in [0.2, 0.25) is 0 Å². The second kappa shape index (κ2) is 13.9. The van der Waals surface area contributed by atoms with Crippen LogP contribution < -0.4 is 15.9 Å². The van der Waals surface area contributed by atoms with Gasteiger partial charge in [0.25, 0.3) is 0 Å². The largest absolute Gasteiger partial charge is 0.463 e. The third-order valence-electron chi connectivity index (χ3n) is 6.25. The molecule has 0 fully saturated rings. The molecule has 4 nitrogen and oxygen atoms in total. The number of hydrogen-bond acceptors (Lipinski definition) is 4. The molecule has 3 aromatic carbocycles. The Morgan fingerprint density at radius 1 is 0.838 bits per heavy atom. The standard InChI is InChI=1S/C32H37O4P/c1-6-35-31(33)25(5)22-21-24(4)30(23(2)3)36-32(34)28-19-13-14-20-29(28)37(26-15-9-7-10-16-26)27-17-11-8-12-18-27/h7-20,22-24,30H,6,21H2,1-5H3/b25-22+/t24-,30-/m0/s1. The number of benzene rings is 3. The number of allylic oxidation sites excluding steroid dienone is 1. The Bertz CT molecular complexity index is 1150. The van der Waals surface area contributed by atoms with E-state index in [4.69, 9.17) is 9.47 Å². The number of carbonyl (C=O) groups excluding carboxylic acids is 2. The highest BCUT2D eigenvalue weighted by molar-refractivity contribution is 7.80. The highest BCUT2D eigenvalue weighted by Crippen LogP contribution is 2.34. The van der Waals surface area contributed by atoms with Gasteiger partial charge >= 0.3 is 11.9 Å². The number of carbonyl (C=O) groups is 2. The predicted octanol–water partition coefficient (Wildman–Crippen LogP) is 6.16. The van der Waals surface area contributed by atoms with Gasteiger partial charge < -0.3 is 9.47 Å². The van der Waals surface area contributed by atoms with Gasteiger partial charge in [-0.25, -0.2) is 9.59 Å². The minimum atomic E-state index is -0.943. The van der Waals surface area contributed by atoms with Crippen molar-refractivity contribution in [3.63, 3.8) is 0 Å². The molecule has 2 atom stereocenters. The lowest BCUT2D eigenvalue weighted by molar-refractivity contribution is -0.138. The highest BCUT2D eigenvalue weighted by atomic mass is 31.1. The Morgan fingerprint density at radius 3 is 1.92 bits per heavy atom. The second-order valence-electron chi connectivity index (χ2n) is 9.46. The van der Waals surface area contributed by atoms with E-state index in [0.29, 0.717) is 24.2 Å². The zero-order chi connectivity index (χ0) is 26.8. The molecule has 194 valence electrons. The monoisotopic (exact) mass is 516 g/mol. The van der Waals surface area contributed by atoms with Crippen LogP contribution in [0, 0.1) is 11.8 Å². The molecule has 0 saturated carbocycles. The zero-order valence-electron chi connectivity index (χ0n) is 22.4. The summed E-state index contributed by atoms with van der Waals surface area (Å²) >= 11 is 0. The number of hydrogen-bond donors (Lipinski definition) is 0. The van der Waals surface area contributed by atoms with Crippen LogP contribution in [0.25, 0.3) is 0 Å². The van der Waals surface area contributed by atoms with E-state index in [1.54, 1.807) is 13.8 Å². The summed E-state index contributed by atoms with van der Waals surface area (Å²) in [6.07, 6.45) is 2.19. The molecule has 3 rings (SSSR count). The van der Waals surface area contributed by atoms with Crippen molar-refractivity contribution < 1.29 is 19.1 Å². The van der Waals surface area contributed by atoms with E-state index >= 15 is 0 Å². The van der Waals surface area contributed by atoms with Crippen LogP contribution in [0.5, 0.6) is 0 Å². The van der Waals surface area contributed by atoms with Crippen LogP contribution in [0.4, 0.5) is 0 Å². The minimum absolute atomic E-state index is 0.0326. The normalized spacial score (nSPS) is 13.3. The molecule has 0 N–H and O–H groups in total. The van der Waals surface area contributed by atoms with Gasteiger partial charge in [-0.05, 0) is 62.0 Å². The minimum Gasteiger partial charge on any atom is -0.463 e. The van der Waals surface area contributed by atoms with Gasteiger partial charge in [-0.3, -0.25) is 0 Å². The topological polar surface area (TPSA) is 52.6 Å². The van der Waals surface area contributed by atoms with Crippen molar-refractivity contribution in [1.82, 2.24) is 0 Å². The van der Waals surface area contributed by atoms with Crippen LogP contribution >= 0.6 is 7.92 Å². The molecule has 3 aromatic rings. The third-order valence-corrected chi connectivity index (χ3v) is 8.75. The summed E-state index contributed by atoms with van der Waals surface area (Å²) in [6, 6.07) is 28.5. The Labute approximate surface area is 222 Å². The first kappa shape index (κ1) is 28.3. The van der Waals surface area contributed by atoms with Crippen molar-refractivity contribution >= 4 is 35.8 Å². The number of rotatable bonds is 11. The van der Waals surface area contributed by atoms with Gasteiger partial charge in [-0.15, -0.1) is 0 Å². The van der Waals surface area contributed by atoms with E-state index in [1.165, 1.54) is 10.6 Å². The Morgan fingerprint density at radius 2 is 1.38 bits per heavy atom. The van der Waals surface area contributed by atoms with Crippen LogP contribution in [0.15, 0.2) is 96.6 Å². The molecule has 0 aliphatic rings. The maximum Gasteiger partial charge on any atom is 0.339 e. The van der Waals surface area contributed by atoms with Gasteiger partial charge in [0.05, 0.1) is 12.2 Å². The van der Waals surface area contributed by atoms with Gasteiger partial charge in [0.15, 0.2) is 0 Å². The Hall–Kier alpha value is -3.23. The molecule has 0 aromatic heterocycles. The van der Waals surface area contributed by atoms with E-state index in [2.05, 4.69) is 45.0 Å². The first-order valence-electron chi connectivity index (χ1n) is 12.9. The number of esters is 2. The average Bonchev–Trinajstić information content (AvgIpc) is 2.91. The Balaban J connectivity index is 1.90. The first-order chi connectivity index (χ1) is 17.8. The van der Waals surface area contributed by atoms with Gasteiger partial charge in [-0.2, -0.15) is 0 Å². The molecule has 0 bridgehead atoms. The summed E-state index contributed by atoms with van der Waals surface area (Å²) in [6.45, 7) is 10.1. The summed E-state index contributed by atoms with van der Waals surface area (Å²) in [4.78, 5) is 25.7. The summed E-state index contributed by atoms with van der Waals surface area (Å²) in [5, 5.41) is 3.34. The molecule has 0 spiro atoms. The molecule has 0 aliphatic heterocycles. The van der Waals surface area contributed by atoms with E-state index in [-0.39, 0.29) is 29.9 Å².